The van der Waals surface area contributed by atoms with Gasteiger partial charge >= 0.3 is 6.36 Å². The van der Waals surface area contributed by atoms with E-state index in [0.29, 0.717) is 22.3 Å². The molecule has 0 aliphatic rings. The normalized spacial score (nSPS) is 11.9. The van der Waals surface area contributed by atoms with Gasteiger partial charge in [0, 0.05) is 11.1 Å². The lowest BCUT2D eigenvalue weighted by atomic mass is 10.1. The van der Waals surface area contributed by atoms with E-state index in [4.69, 9.17) is 11.6 Å². The molecule has 0 amide bonds. The van der Waals surface area contributed by atoms with Crippen LogP contribution in [0.2, 0.25) is 5.02 Å². The summed E-state index contributed by atoms with van der Waals surface area (Å²) >= 11 is 6.21. The van der Waals surface area contributed by atoms with Crippen LogP contribution in [-0.4, -0.2) is 11.3 Å². The topological polar surface area (TPSA) is 22.1 Å². The Bertz CT molecular complexity index is 625. The van der Waals surface area contributed by atoms with Crippen molar-refractivity contribution in [2.24, 2.45) is 0 Å². The van der Waals surface area contributed by atoms with Crippen molar-refractivity contribution in [1.82, 2.24) is 4.98 Å². The Morgan fingerprint density at radius 2 is 2.00 bits per heavy atom. The number of benzene rings is 1. The fourth-order valence-electron chi connectivity index (χ4n) is 1.97. The second-order valence-corrected chi connectivity index (χ2v) is 4.45. The highest BCUT2D eigenvalue weighted by atomic mass is 35.5. The molecule has 2 rings (SSSR count). The van der Waals surface area contributed by atoms with E-state index < -0.39 is 6.36 Å². The van der Waals surface area contributed by atoms with Crippen LogP contribution in [0.5, 0.6) is 5.75 Å². The number of halogens is 4. The molecule has 0 saturated heterocycles. The Hall–Kier alpha value is -1.49. The number of hydrogen-bond acceptors (Lipinski definition) is 2. The zero-order valence-corrected chi connectivity index (χ0v) is 11.1. The van der Waals surface area contributed by atoms with Gasteiger partial charge in [0.2, 0.25) is 0 Å². The lowest BCUT2D eigenvalue weighted by molar-refractivity contribution is -0.274. The number of aryl methyl sites for hydroxylation is 1. The van der Waals surface area contributed by atoms with Crippen LogP contribution in [0.1, 0.15) is 18.2 Å². The molecule has 0 spiro atoms. The fourth-order valence-corrected chi connectivity index (χ4v) is 2.39. The molecule has 6 heteroatoms. The van der Waals surface area contributed by atoms with Crippen LogP contribution in [0.25, 0.3) is 10.9 Å². The quantitative estimate of drug-likeness (QED) is 0.802. The minimum Gasteiger partial charge on any atom is -0.406 e. The Labute approximate surface area is 113 Å². The molecule has 0 aliphatic heterocycles. The van der Waals surface area contributed by atoms with Crippen LogP contribution in [0.15, 0.2) is 18.2 Å². The van der Waals surface area contributed by atoms with Crippen molar-refractivity contribution < 1.29 is 17.9 Å². The van der Waals surface area contributed by atoms with Crippen LogP contribution in [0.3, 0.4) is 0 Å². The van der Waals surface area contributed by atoms with Crippen LogP contribution in [-0.2, 0) is 6.42 Å². The summed E-state index contributed by atoms with van der Waals surface area (Å²) in [5.74, 6) is -0.297. The van der Waals surface area contributed by atoms with Crippen molar-refractivity contribution in [3.63, 3.8) is 0 Å². The minimum atomic E-state index is -4.72. The maximum Gasteiger partial charge on any atom is 0.573 e. The zero-order chi connectivity index (χ0) is 14.2. The van der Waals surface area contributed by atoms with Crippen LogP contribution >= 0.6 is 11.6 Å². The number of ether oxygens (including phenoxy) is 1. The third kappa shape index (κ3) is 2.92. The molecule has 2 nitrogen and oxygen atoms in total. The van der Waals surface area contributed by atoms with Gasteiger partial charge in [-0.15, -0.1) is 13.2 Å². The van der Waals surface area contributed by atoms with Gasteiger partial charge in [-0.2, -0.15) is 0 Å². The standard InChI is InChI=1S/C13H11ClF3NO/c1-3-9-7(2)18-11-5-4-8(19-13(15,16)17)6-10(11)12(9)14/h4-6H,3H2,1-2H3. The van der Waals surface area contributed by atoms with E-state index in [2.05, 4.69) is 9.72 Å². The van der Waals surface area contributed by atoms with Crippen LogP contribution in [0.4, 0.5) is 13.2 Å². The molecule has 0 saturated carbocycles. The number of alkyl halides is 3. The molecule has 19 heavy (non-hydrogen) atoms. The summed E-state index contributed by atoms with van der Waals surface area (Å²) in [4.78, 5) is 4.32. The first-order valence-corrected chi connectivity index (χ1v) is 6.04. The van der Waals surface area contributed by atoms with E-state index >= 15 is 0 Å². The van der Waals surface area contributed by atoms with Crippen LogP contribution < -0.4 is 4.74 Å². The Morgan fingerprint density at radius 3 is 2.58 bits per heavy atom. The van der Waals surface area contributed by atoms with E-state index in [1.54, 1.807) is 0 Å². The van der Waals surface area contributed by atoms with Gasteiger partial charge in [0.25, 0.3) is 0 Å². The molecule has 0 bridgehead atoms. The van der Waals surface area contributed by atoms with Gasteiger partial charge in [0.05, 0.1) is 10.5 Å². The summed E-state index contributed by atoms with van der Waals surface area (Å²) < 4.78 is 40.4. The third-order valence-electron chi connectivity index (χ3n) is 2.78. The molecule has 1 heterocycles. The summed E-state index contributed by atoms with van der Waals surface area (Å²) in [7, 11) is 0. The number of pyridine rings is 1. The predicted molar refractivity (Wildman–Crippen MR) is 67.6 cm³/mol. The molecule has 0 unspecified atom stereocenters. The first-order chi connectivity index (χ1) is 8.81. The molecule has 1 aromatic heterocycles. The van der Waals surface area contributed by atoms with Gasteiger partial charge < -0.3 is 4.74 Å². The van der Waals surface area contributed by atoms with Crippen molar-refractivity contribution in [3.8, 4) is 5.75 Å². The minimum absolute atomic E-state index is 0.297. The predicted octanol–water partition coefficient (Wildman–Crippen LogP) is 4.66. The fraction of sp³-hybridized carbons (Fsp3) is 0.308. The molecule has 0 atom stereocenters. The summed E-state index contributed by atoms with van der Waals surface area (Å²) in [6, 6.07) is 3.95. The summed E-state index contributed by atoms with van der Waals surface area (Å²) in [5, 5.41) is 0.892. The SMILES string of the molecule is CCc1c(C)nc2ccc(OC(F)(F)F)cc2c1Cl. The molecule has 0 fully saturated rings. The molecule has 102 valence electrons. The molecular weight excluding hydrogens is 279 g/mol. The van der Waals surface area contributed by atoms with Crippen molar-refractivity contribution in [2.45, 2.75) is 26.6 Å². The number of nitrogens with zero attached hydrogens (tertiary/aromatic N) is 1. The van der Waals surface area contributed by atoms with Gasteiger partial charge in [-0.3, -0.25) is 4.98 Å². The highest BCUT2D eigenvalue weighted by molar-refractivity contribution is 6.36. The van der Waals surface area contributed by atoms with Crippen molar-refractivity contribution in [2.75, 3.05) is 0 Å². The number of fused-ring (bicyclic) bond motifs is 1. The highest BCUT2D eigenvalue weighted by Gasteiger charge is 2.31. The average molecular weight is 290 g/mol. The van der Waals surface area contributed by atoms with Crippen molar-refractivity contribution in [1.29, 1.82) is 0 Å². The average Bonchev–Trinajstić information content (AvgIpc) is 2.29. The smallest absolute Gasteiger partial charge is 0.406 e. The first-order valence-electron chi connectivity index (χ1n) is 5.66. The Morgan fingerprint density at radius 1 is 1.32 bits per heavy atom. The number of rotatable bonds is 2. The van der Waals surface area contributed by atoms with E-state index in [0.717, 1.165) is 11.3 Å². The van der Waals surface area contributed by atoms with E-state index in [1.165, 1.54) is 18.2 Å². The summed E-state index contributed by atoms with van der Waals surface area (Å²) in [5.41, 5.74) is 2.16. The van der Waals surface area contributed by atoms with Gasteiger partial charge in [-0.1, -0.05) is 18.5 Å². The second-order valence-electron chi connectivity index (χ2n) is 4.07. The maximum absolute atomic E-state index is 12.2. The number of aromatic nitrogens is 1. The third-order valence-corrected chi connectivity index (χ3v) is 3.21. The number of hydrogen-bond donors (Lipinski definition) is 0. The summed E-state index contributed by atoms with van der Waals surface area (Å²) in [6.07, 6.45) is -4.05. The van der Waals surface area contributed by atoms with Gasteiger partial charge in [0.15, 0.2) is 0 Å². The Balaban J connectivity index is 2.59. The molecule has 0 radical (unpaired) electrons. The molecule has 0 N–H and O–H groups in total. The van der Waals surface area contributed by atoms with Gasteiger partial charge in [0.1, 0.15) is 5.75 Å². The van der Waals surface area contributed by atoms with Crippen molar-refractivity contribution >= 4 is 22.5 Å². The molecule has 2 aromatic rings. The maximum atomic E-state index is 12.2. The van der Waals surface area contributed by atoms with E-state index in [9.17, 15) is 13.2 Å². The first kappa shape index (κ1) is 13.9. The monoisotopic (exact) mass is 289 g/mol. The lowest BCUT2D eigenvalue weighted by Gasteiger charge is -2.12. The Kier molecular flexibility index (Phi) is 3.58. The highest BCUT2D eigenvalue weighted by Crippen LogP contribution is 2.32. The zero-order valence-electron chi connectivity index (χ0n) is 10.3. The van der Waals surface area contributed by atoms with E-state index in [1.807, 2.05) is 13.8 Å². The van der Waals surface area contributed by atoms with Crippen molar-refractivity contribution in [3.05, 3.63) is 34.5 Å². The molecule has 1 aromatic carbocycles. The molecule has 0 aliphatic carbocycles. The largest absolute Gasteiger partial charge is 0.573 e. The van der Waals surface area contributed by atoms with Gasteiger partial charge in [-0.05, 0) is 37.1 Å². The van der Waals surface area contributed by atoms with Gasteiger partial charge in [-0.25, -0.2) is 0 Å². The lowest BCUT2D eigenvalue weighted by Crippen LogP contribution is -2.17. The molecular formula is C13H11ClF3NO. The van der Waals surface area contributed by atoms with Crippen LogP contribution in [0, 0.1) is 6.92 Å². The summed E-state index contributed by atoms with van der Waals surface area (Å²) in [6.45, 7) is 3.74. The van der Waals surface area contributed by atoms with E-state index in [-0.39, 0.29) is 5.75 Å². The second kappa shape index (κ2) is 4.89.